The van der Waals surface area contributed by atoms with Crippen molar-refractivity contribution < 1.29 is 14.1 Å². The molecule has 0 radical (unpaired) electrons. The largest absolute Gasteiger partial charge is 0.496 e. The summed E-state index contributed by atoms with van der Waals surface area (Å²) in [6, 6.07) is 7.51. The molecule has 0 bridgehead atoms. The summed E-state index contributed by atoms with van der Waals surface area (Å²) in [6.45, 7) is 0.784. The number of ether oxygens (including phenoxy) is 1. The molecule has 1 saturated carbocycles. The van der Waals surface area contributed by atoms with Gasteiger partial charge < -0.3 is 14.2 Å². The summed E-state index contributed by atoms with van der Waals surface area (Å²) >= 11 is 0. The van der Waals surface area contributed by atoms with Crippen LogP contribution in [0.2, 0.25) is 0 Å². The third-order valence-electron chi connectivity index (χ3n) is 5.56. The first-order valence-corrected chi connectivity index (χ1v) is 9.55. The fourth-order valence-electron chi connectivity index (χ4n) is 4.18. The number of hydrogen-bond donors (Lipinski definition) is 0. The van der Waals surface area contributed by atoms with Crippen molar-refractivity contribution in [3.63, 3.8) is 0 Å². The zero-order valence-electron chi connectivity index (χ0n) is 15.2. The van der Waals surface area contributed by atoms with E-state index in [-0.39, 0.29) is 17.9 Å². The summed E-state index contributed by atoms with van der Waals surface area (Å²) in [5.74, 6) is 2.19. The van der Waals surface area contributed by atoms with Gasteiger partial charge in [-0.15, -0.1) is 0 Å². The predicted molar refractivity (Wildman–Crippen MR) is 96.5 cm³/mol. The van der Waals surface area contributed by atoms with Crippen molar-refractivity contribution in [3.8, 4) is 17.1 Å². The van der Waals surface area contributed by atoms with E-state index in [1.54, 1.807) is 7.11 Å². The molecule has 1 aliphatic heterocycles. The van der Waals surface area contributed by atoms with Gasteiger partial charge in [-0.25, -0.2) is 0 Å². The Kier molecular flexibility index (Phi) is 4.91. The van der Waals surface area contributed by atoms with Crippen LogP contribution in [-0.2, 0) is 4.79 Å². The summed E-state index contributed by atoms with van der Waals surface area (Å²) in [5, 5.41) is 4.14. The standard InChI is InChI=1S/C20H25N3O3/c1-25-17-12-6-5-10-15(17)18-21-19(26-22-18)16-11-7-13-23(16)20(24)14-8-3-2-4-9-14/h5-6,10,12,14,16H,2-4,7-9,11,13H2,1H3/t16-/m1/s1. The molecule has 1 saturated heterocycles. The van der Waals surface area contributed by atoms with Gasteiger partial charge in [0.25, 0.3) is 0 Å². The van der Waals surface area contributed by atoms with Gasteiger partial charge in [0.2, 0.25) is 17.6 Å². The van der Waals surface area contributed by atoms with E-state index in [4.69, 9.17) is 9.26 Å². The normalized spacial score (nSPS) is 21.1. The van der Waals surface area contributed by atoms with E-state index in [9.17, 15) is 4.79 Å². The monoisotopic (exact) mass is 355 g/mol. The topological polar surface area (TPSA) is 68.5 Å². The van der Waals surface area contributed by atoms with Gasteiger partial charge in [0, 0.05) is 12.5 Å². The molecule has 1 atom stereocenters. The fourth-order valence-corrected chi connectivity index (χ4v) is 4.18. The minimum atomic E-state index is -0.0969. The Labute approximate surface area is 153 Å². The summed E-state index contributed by atoms with van der Waals surface area (Å²) in [7, 11) is 1.63. The highest BCUT2D eigenvalue weighted by Crippen LogP contribution is 2.36. The number of methoxy groups -OCH3 is 1. The summed E-state index contributed by atoms with van der Waals surface area (Å²) in [4.78, 5) is 19.5. The Morgan fingerprint density at radius 3 is 2.77 bits per heavy atom. The van der Waals surface area contributed by atoms with Crippen LogP contribution in [0.15, 0.2) is 28.8 Å². The maximum atomic E-state index is 13.0. The first-order chi connectivity index (χ1) is 12.8. The molecule has 1 aromatic carbocycles. The highest BCUT2D eigenvalue weighted by molar-refractivity contribution is 5.79. The lowest BCUT2D eigenvalue weighted by Crippen LogP contribution is -2.36. The number of amides is 1. The number of rotatable bonds is 4. The molecule has 4 rings (SSSR count). The molecule has 0 unspecified atom stereocenters. The molecule has 1 aromatic heterocycles. The third-order valence-corrected chi connectivity index (χ3v) is 5.56. The first-order valence-electron chi connectivity index (χ1n) is 9.55. The molecular formula is C20H25N3O3. The highest BCUT2D eigenvalue weighted by atomic mass is 16.5. The lowest BCUT2D eigenvalue weighted by atomic mass is 9.88. The maximum absolute atomic E-state index is 13.0. The number of hydrogen-bond acceptors (Lipinski definition) is 5. The SMILES string of the molecule is COc1ccccc1-c1noc([C@H]2CCCN2C(=O)C2CCCCC2)n1. The summed E-state index contributed by atoms with van der Waals surface area (Å²) in [5.41, 5.74) is 0.799. The van der Waals surface area contributed by atoms with E-state index in [0.29, 0.717) is 17.5 Å². The quantitative estimate of drug-likeness (QED) is 0.829. The number of likely N-dealkylation sites (tertiary alicyclic amines) is 1. The minimum Gasteiger partial charge on any atom is -0.496 e. The molecule has 6 heteroatoms. The molecule has 6 nitrogen and oxygen atoms in total. The van der Waals surface area contributed by atoms with Gasteiger partial charge in [-0.2, -0.15) is 4.98 Å². The predicted octanol–water partition coefficient (Wildman–Crippen LogP) is 3.99. The zero-order valence-corrected chi connectivity index (χ0v) is 15.2. The van der Waals surface area contributed by atoms with Crippen LogP contribution in [0.25, 0.3) is 11.4 Å². The molecule has 138 valence electrons. The molecule has 1 amide bonds. The van der Waals surface area contributed by atoms with E-state index in [1.165, 1.54) is 6.42 Å². The Morgan fingerprint density at radius 2 is 1.96 bits per heavy atom. The Balaban J connectivity index is 1.55. The number of benzene rings is 1. The first kappa shape index (κ1) is 17.1. The molecule has 2 aliphatic rings. The van der Waals surface area contributed by atoms with E-state index in [1.807, 2.05) is 29.2 Å². The molecule has 2 aromatic rings. The van der Waals surface area contributed by atoms with Gasteiger partial charge in [0.05, 0.1) is 12.7 Å². The third kappa shape index (κ3) is 3.20. The van der Waals surface area contributed by atoms with Crippen molar-refractivity contribution >= 4 is 5.91 Å². The van der Waals surface area contributed by atoms with Crippen molar-refractivity contribution in [3.05, 3.63) is 30.2 Å². The second kappa shape index (κ2) is 7.48. The molecule has 1 aliphatic carbocycles. The Morgan fingerprint density at radius 1 is 1.15 bits per heavy atom. The number of para-hydroxylation sites is 1. The van der Waals surface area contributed by atoms with Crippen LogP contribution >= 0.6 is 0 Å². The molecular weight excluding hydrogens is 330 g/mol. The lowest BCUT2D eigenvalue weighted by Gasteiger charge is -2.29. The average Bonchev–Trinajstić information content (AvgIpc) is 3.37. The number of aromatic nitrogens is 2. The van der Waals surface area contributed by atoms with Gasteiger partial charge in [-0.05, 0) is 37.8 Å². The molecule has 2 fully saturated rings. The van der Waals surface area contributed by atoms with E-state index < -0.39 is 0 Å². The van der Waals surface area contributed by atoms with E-state index in [0.717, 1.165) is 50.6 Å². The molecule has 0 spiro atoms. The molecule has 26 heavy (non-hydrogen) atoms. The fraction of sp³-hybridized carbons (Fsp3) is 0.550. The summed E-state index contributed by atoms with van der Waals surface area (Å²) < 4.78 is 10.9. The van der Waals surface area contributed by atoms with Crippen LogP contribution in [0.3, 0.4) is 0 Å². The second-order valence-electron chi connectivity index (χ2n) is 7.18. The van der Waals surface area contributed by atoms with Gasteiger partial charge in [0.15, 0.2) is 0 Å². The van der Waals surface area contributed by atoms with Gasteiger partial charge in [0.1, 0.15) is 11.8 Å². The second-order valence-corrected chi connectivity index (χ2v) is 7.18. The maximum Gasteiger partial charge on any atom is 0.249 e. The van der Waals surface area contributed by atoms with Crippen LogP contribution in [0.5, 0.6) is 5.75 Å². The smallest absolute Gasteiger partial charge is 0.249 e. The van der Waals surface area contributed by atoms with Crippen LogP contribution in [0.1, 0.15) is 56.9 Å². The van der Waals surface area contributed by atoms with Gasteiger partial charge in [-0.3, -0.25) is 4.79 Å². The van der Waals surface area contributed by atoms with Crippen molar-refractivity contribution in [1.82, 2.24) is 15.0 Å². The minimum absolute atomic E-state index is 0.0969. The van der Waals surface area contributed by atoms with Crippen LogP contribution < -0.4 is 4.74 Å². The van der Waals surface area contributed by atoms with Crippen molar-refractivity contribution in [1.29, 1.82) is 0 Å². The average molecular weight is 355 g/mol. The van der Waals surface area contributed by atoms with E-state index in [2.05, 4.69) is 10.1 Å². The van der Waals surface area contributed by atoms with Crippen LogP contribution in [0.4, 0.5) is 0 Å². The highest BCUT2D eigenvalue weighted by Gasteiger charge is 2.37. The molecule has 0 N–H and O–H groups in total. The number of carbonyl (C=O) groups is 1. The van der Waals surface area contributed by atoms with Gasteiger partial charge in [-0.1, -0.05) is 36.6 Å². The Hall–Kier alpha value is -2.37. The van der Waals surface area contributed by atoms with Crippen LogP contribution in [-0.4, -0.2) is 34.6 Å². The van der Waals surface area contributed by atoms with Crippen LogP contribution in [0, 0.1) is 5.92 Å². The van der Waals surface area contributed by atoms with Crippen molar-refractivity contribution in [2.24, 2.45) is 5.92 Å². The Bertz CT molecular complexity index is 767. The van der Waals surface area contributed by atoms with Crippen molar-refractivity contribution in [2.45, 2.75) is 51.0 Å². The lowest BCUT2D eigenvalue weighted by molar-refractivity contribution is -0.138. The van der Waals surface area contributed by atoms with Gasteiger partial charge >= 0.3 is 0 Å². The number of nitrogens with zero attached hydrogens (tertiary/aromatic N) is 3. The molecule has 2 heterocycles. The summed E-state index contributed by atoms with van der Waals surface area (Å²) in [6.07, 6.45) is 7.46. The van der Waals surface area contributed by atoms with Crippen molar-refractivity contribution in [2.75, 3.05) is 13.7 Å². The zero-order chi connectivity index (χ0) is 17.9. The van der Waals surface area contributed by atoms with E-state index >= 15 is 0 Å². The number of carbonyl (C=O) groups excluding carboxylic acids is 1.